The Balaban J connectivity index is 2.00. The number of carbonyl (C=O) groups is 2. The van der Waals surface area contributed by atoms with Gasteiger partial charge in [0.25, 0.3) is 11.8 Å². The zero-order chi connectivity index (χ0) is 18.4. The van der Waals surface area contributed by atoms with E-state index in [-0.39, 0.29) is 18.4 Å². The van der Waals surface area contributed by atoms with Gasteiger partial charge in [-0.25, -0.2) is 0 Å². The first-order valence-corrected chi connectivity index (χ1v) is 8.21. The quantitative estimate of drug-likeness (QED) is 0.875. The molecule has 2 aromatic carbocycles. The summed E-state index contributed by atoms with van der Waals surface area (Å²) in [6.45, 7) is 4.07. The van der Waals surface area contributed by atoms with E-state index in [2.05, 4.69) is 19.2 Å². The van der Waals surface area contributed by atoms with Crippen LogP contribution in [0.5, 0.6) is 5.75 Å². The molecule has 0 aliphatic rings. The van der Waals surface area contributed by atoms with E-state index in [1.165, 1.54) is 4.90 Å². The second-order valence-corrected chi connectivity index (χ2v) is 6.31. The summed E-state index contributed by atoms with van der Waals surface area (Å²) in [6.07, 6.45) is 0. The minimum absolute atomic E-state index is 0.0877. The zero-order valence-electron chi connectivity index (χ0n) is 15.1. The average Bonchev–Trinajstić information content (AvgIpc) is 2.59. The van der Waals surface area contributed by atoms with Crippen LogP contribution in [0.15, 0.2) is 48.5 Å². The summed E-state index contributed by atoms with van der Waals surface area (Å²) in [7, 11) is 3.38. The maximum Gasteiger partial charge on any atom is 0.262 e. The van der Waals surface area contributed by atoms with Crippen molar-refractivity contribution in [2.75, 3.05) is 26.0 Å². The van der Waals surface area contributed by atoms with Crippen molar-refractivity contribution in [2.24, 2.45) is 0 Å². The van der Waals surface area contributed by atoms with Crippen LogP contribution in [-0.2, 0) is 4.79 Å². The van der Waals surface area contributed by atoms with Crippen molar-refractivity contribution in [1.82, 2.24) is 4.90 Å². The molecule has 2 amide bonds. The number of carbonyl (C=O) groups excluding carboxylic acids is 2. The van der Waals surface area contributed by atoms with Crippen LogP contribution in [0.2, 0.25) is 0 Å². The monoisotopic (exact) mass is 340 g/mol. The van der Waals surface area contributed by atoms with Crippen LogP contribution in [0, 0.1) is 0 Å². The summed E-state index contributed by atoms with van der Waals surface area (Å²) in [6, 6.07) is 14.5. The molecule has 5 nitrogen and oxygen atoms in total. The third-order valence-corrected chi connectivity index (χ3v) is 3.70. The molecule has 0 spiro atoms. The van der Waals surface area contributed by atoms with Crippen molar-refractivity contribution in [3.05, 3.63) is 59.7 Å². The van der Waals surface area contributed by atoms with Gasteiger partial charge in [-0.05, 0) is 35.7 Å². The Morgan fingerprint density at radius 2 is 1.80 bits per heavy atom. The molecule has 1 N–H and O–H groups in total. The largest absolute Gasteiger partial charge is 0.483 e. The van der Waals surface area contributed by atoms with Crippen molar-refractivity contribution >= 4 is 17.5 Å². The number of amides is 2. The van der Waals surface area contributed by atoms with Gasteiger partial charge in [0.15, 0.2) is 6.61 Å². The van der Waals surface area contributed by atoms with Gasteiger partial charge in [0.2, 0.25) is 0 Å². The van der Waals surface area contributed by atoms with E-state index in [0.29, 0.717) is 22.9 Å². The van der Waals surface area contributed by atoms with Gasteiger partial charge in [0.05, 0.1) is 0 Å². The number of anilines is 1. The number of nitrogens with zero attached hydrogens (tertiary/aromatic N) is 1. The van der Waals surface area contributed by atoms with Crippen LogP contribution in [0.25, 0.3) is 0 Å². The summed E-state index contributed by atoms with van der Waals surface area (Å²) < 4.78 is 5.66. The minimum atomic E-state index is -0.270. The van der Waals surface area contributed by atoms with Crippen molar-refractivity contribution in [1.29, 1.82) is 0 Å². The Morgan fingerprint density at radius 3 is 2.48 bits per heavy atom. The van der Waals surface area contributed by atoms with Gasteiger partial charge in [-0.3, -0.25) is 9.59 Å². The maximum absolute atomic E-state index is 12.2. The lowest BCUT2D eigenvalue weighted by molar-refractivity contribution is -0.118. The van der Waals surface area contributed by atoms with Crippen LogP contribution < -0.4 is 10.1 Å². The van der Waals surface area contributed by atoms with Crippen molar-refractivity contribution in [3.63, 3.8) is 0 Å². The first kappa shape index (κ1) is 18.5. The molecular weight excluding hydrogens is 316 g/mol. The molecule has 0 aromatic heterocycles. The second kappa shape index (κ2) is 8.33. The Kier molecular flexibility index (Phi) is 6.17. The third-order valence-electron chi connectivity index (χ3n) is 3.70. The van der Waals surface area contributed by atoms with Gasteiger partial charge < -0.3 is 15.0 Å². The third kappa shape index (κ3) is 5.08. The zero-order valence-corrected chi connectivity index (χ0v) is 15.1. The molecule has 0 saturated carbocycles. The van der Waals surface area contributed by atoms with Gasteiger partial charge in [-0.1, -0.05) is 38.1 Å². The molecule has 0 atom stereocenters. The molecular formula is C20H24N2O3. The molecule has 2 rings (SSSR count). The lowest BCUT2D eigenvalue weighted by Crippen LogP contribution is -2.23. The standard InChI is InChI=1S/C20H24N2O3/c1-14(2)17-10-5-6-11-18(17)25-13-19(23)21-16-9-7-8-15(12-16)20(24)22(3)4/h5-12,14H,13H2,1-4H3,(H,21,23). The molecule has 0 saturated heterocycles. The fourth-order valence-corrected chi connectivity index (χ4v) is 2.42. The molecule has 0 aliphatic carbocycles. The van der Waals surface area contributed by atoms with Gasteiger partial charge in [-0.2, -0.15) is 0 Å². The number of benzene rings is 2. The smallest absolute Gasteiger partial charge is 0.262 e. The lowest BCUT2D eigenvalue weighted by Gasteiger charge is -2.14. The highest BCUT2D eigenvalue weighted by molar-refractivity contribution is 5.97. The topological polar surface area (TPSA) is 58.6 Å². The molecule has 0 unspecified atom stereocenters. The number of nitrogens with one attached hydrogen (secondary N) is 1. The predicted molar refractivity (Wildman–Crippen MR) is 99.1 cm³/mol. The van der Waals surface area contributed by atoms with Gasteiger partial charge in [0.1, 0.15) is 5.75 Å². The number of para-hydroxylation sites is 1. The van der Waals surface area contributed by atoms with Gasteiger partial charge in [0, 0.05) is 25.3 Å². The maximum atomic E-state index is 12.2. The molecule has 0 heterocycles. The fourth-order valence-electron chi connectivity index (χ4n) is 2.42. The van der Waals surface area contributed by atoms with Crippen LogP contribution in [0.3, 0.4) is 0 Å². The summed E-state index contributed by atoms with van der Waals surface area (Å²) in [5.74, 6) is 0.642. The molecule has 5 heteroatoms. The highest BCUT2D eigenvalue weighted by Crippen LogP contribution is 2.25. The summed E-state index contributed by atoms with van der Waals surface area (Å²) in [5, 5.41) is 2.76. The Morgan fingerprint density at radius 1 is 1.08 bits per heavy atom. The fraction of sp³-hybridized carbons (Fsp3) is 0.300. The molecule has 2 aromatic rings. The predicted octanol–water partition coefficient (Wildman–Crippen LogP) is 3.53. The normalized spacial score (nSPS) is 10.4. The first-order valence-electron chi connectivity index (χ1n) is 8.21. The van der Waals surface area contributed by atoms with E-state index >= 15 is 0 Å². The van der Waals surface area contributed by atoms with Crippen LogP contribution in [0.4, 0.5) is 5.69 Å². The van der Waals surface area contributed by atoms with Crippen molar-refractivity contribution in [3.8, 4) is 5.75 Å². The van der Waals surface area contributed by atoms with E-state index in [4.69, 9.17) is 4.74 Å². The number of hydrogen-bond donors (Lipinski definition) is 1. The highest BCUT2D eigenvalue weighted by atomic mass is 16.5. The van der Waals surface area contributed by atoms with Crippen molar-refractivity contribution in [2.45, 2.75) is 19.8 Å². The van der Waals surface area contributed by atoms with E-state index in [1.54, 1.807) is 38.4 Å². The van der Waals surface area contributed by atoms with Gasteiger partial charge >= 0.3 is 0 Å². The Hall–Kier alpha value is -2.82. The number of rotatable bonds is 6. The molecule has 25 heavy (non-hydrogen) atoms. The molecule has 132 valence electrons. The van der Waals surface area contributed by atoms with E-state index in [0.717, 1.165) is 5.56 Å². The number of hydrogen-bond acceptors (Lipinski definition) is 3. The van der Waals surface area contributed by atoms with Crippen LogP contribution in [0.1, 0.15) is 35.7 Å². The first-order chi connectivity index (χ1) is 11.9. The minimum Gasteiger partial charge on any atom is -0.483 e. The van der Waals surface area contributed by atoms with Crippen LogP contribution >= 0.6 is 0 Å². The molecule has 0 fully saturated rings. The van der Waals surface area contributed by atoms with E-state index in [1.807, 2.05) is 24.3 Å². The molecule has 0 bridgehead atoms. The van der Waals surface area contributed by atoms with Gasteiger partial charge in [-0.15, -0.1) is 0 Å². The SMILES string of the molecule is CC(C)c1ccccc1OCC(=O)Nc1cccc(C(=O)N(C)C)c1. The van der Waals surface area contributed by atoms with Crippen molar-refractivity contribution < 1.29 is 14.3 Å². The Labute approximate surface area is 148 Å². The molecule has 0 radical (unpaired) electrons. The van der Waals surface area contributed by atoms with E-state index < -0.39 is 0 Å². The second-order valence-electron chi connectivity index (χ2n) is 6.31. The van der Waals surface area contributed by atoms with Crippen LogP contribution in [-0.4, -0.2) is 37.4 Å². The summed E-state index contributed by atoms with van der Waals surface area (Å²) in [4.78, 5) is 25.6. The summed E-state index contributed by atoms with van der Waals surface area (Å²) >= 11 is 0. The number of ether oxygens (including phenoxy) is 1. The molecule has 0 aliphatic heterocycles. The Bertz CT molecular complexity index is 754. The lowest BCUT2D eigenvalue weighted by atomic mass is 10.0. The average molecular weight is 340 g/mol. The van der Waals surface area contributed by atoms with E-state index in [9.17, 15) is 9.59 Å². The highest BCUT2D eigenvalue weighted by Gasteiger charge is 2.11. The summed E-state index contributed by atoms with van der Waals surface area (Å²) in [5.41, 5.74) is 2.15.